The Balaban J connectivity index is 1.39. The number of unbranched alkanes of at least 4 members (excludes halogenated alkanes) is 1. The first-order chi connectivity index (χ1) is 20.1. The summed E-state index contributed by atoms with van der Waals surface area (Å²) in [4.78, 5) is 17.4. The Morgan fingerprint density at radius 2 is 2.05 bits per heavy atom. The molecule has 0 spiro atoms. The van der Waals surface area contributed by atoms with Crippen LogP contribution in [0, 0.1) is 23.7 Å². The quantitative estimate of drug-likeness (QED) is 0.130. The zero-order valence-electron chi connectivity index (χ0n) is 25.7. The van der Waals surface area contributed by atoms with Crippen molar-refractivity contribution in [1.82, 2.24) is 16.0 Å². The van der Waals surface area contributed by atoms with Gasteiger partial charge in [-0.05, 0) is 71.3 Å². The van der Waals surface area contributed by atoms with E-state index in [1.165, 1.54) is 4.90 Å². The van der Waals surface area contributed by atoms with Crippen molar-refractivity contribution in [2.45, 2.75) is 132 Å². The van der Waals surface area contributed by atoms with Gasteiger partial charge < -0.3 is 46.1 Å². The minimum absolute atomic E-state index is 0.0104. The van der Waals surface area contributed by atoms with Gasteiger partial charge >= 0.3 is 0 Å². The van der Waals surface area contributed by atoms with Gasteiger partial charge in [-0.15, -0.1) is 5.92 Å². The SMILES string of the molecule is C[C@@H]1N[C@H](CCCC[C@H]2C#CC[C@@H]3C[C@](C)(CCN3)NC[C@](O)(CC(=O)[O-])CC[C@H](CO)C2)[C@H]([NH+]2CC=NC2)C[C@H]1O. The highest BCUT2D eigenvalue weighted by Crippen LogP contribution is 2.29. The highest BCUT2D eigenvalue weighted by molar-refractivity contribution is 5.65. The van der Waals surface area contributed by atoms with Gasteiger partial charge in [-0.2, -0.15) is 0 Å². The number of hydrogen-bond acceptors (Lipinski definition) is 9. The van der Waals surface area contributed by atoms with Gasteiger partial charge in [0.25, 0.3) is 0 Å². The number of quaternary nitrogens is 1. The topological polar surface area (TPSA) is 154 Å². The van der Waals surface area contributed by atoms with Crippen LogP contribution in [0.15, 0.2) is 4.99 Å². The Labute approximate surface area is 252 Å². The number of aliphatic imine (C=N–C) groups is 1. The fourth-order valence-electron chi connectivity index (χ4n) is 7.58. The van der Waals surface area contributed by atoms with Gasteiger partial charge in [-0.3, -0.25) is 0 Å². The fraction of sp³-hybridized carbons (Fsp3) is 0.875. The number of carboxylic acids is 1. The predicted molar refractivity (Wildman–Crippen MR) is 161 cm³/mol. The molecule has 2 bridgehead atoms. The van der Waals surface area contributed by atoms with Crippen molar-refractivity contribution in [3.8, 4) is 11.8 Å². The summed E-state index contributed by atoms with van der Waals surface area (Å²) in [5.41, 5.74) is -1.63. The molecule has 2 fully saturated rings. The van der Waals surface area contributed by atoms with E-state index in [1.807, 2.05) is 6.21 Å². The third-order valence-electron chi connectivity index (χ3n) is 10.3. The van der Waals surface area contributed by atoms with Crippen molar-refractivity contribution in [1.29, 1.82) is 0 Å². The normalized spacial score (nSPS) is 41.5. The second-order valence-electron chi connectivity index (χ2n) is 14.0. The molecule has 238 valence electrons. The van der Waals surface area contributed by atoms with E-state index in [4.69, 9.17) is 0 Å². The van der Waals surface area contributed by atoms with Gasteiger partial charge in [0.05, 0.1) is 24.0 Å². The molecule has 4 aliphatic rings. The van der Waals surface area contributed by atoms with Crippen LogP contribution in [-0.2, 0) is 4.79 Å². The van der Waals surface area contributed by atoms with Crippen LogP contribution in [0.1, 0.15) is 90.9 Å². The first kappa shape index (κ1) is 33.3. The third-order valence-corrected chi connectivity index (χ3v) is 10.3. The molecule has 0 saturated carbocycles. The molecule has 4 aliphatic heterocycles. The lowest BCUT2D eigenvalue weighted by atomic mass is 9.81. The smallest absolute Gasteiger partial charge is 0.171 e. The second kappa shape index (κ2) is 15.4. The van der Waals surface area contributed by atoms with Crippen LogP contribution in [0.3, 0.4) is 0 Å². The van der Waals surface area contributed by atoms with E-state index in [-0.39, 0.29) is 48.7 Å². The average Bonchev–Trinajstić information content (AvgIpc) is 3.48. The van der Waals surface area contributed by atoms with Crippen LogP contribution >= 0.6 is 0 Å². The average molecular weight is 590 g/mol. The van der Waals surface area contributed by atoms with E-state index in [1.54, 1.807) is 0 Å². The number of piperidine rings is 2. The first-order valence-corrected chi connectivity index (χ1v) is 16.3. The van der Waals surface area contributed by atoms with Crippen molar-refractivity contribution < 1.29 is 30.1 Å². The zero-order valence-corrected chi connectivity index (χ0v) is 25.7. The molecular formula is C32H55N5O5. The summed E-state index contributed by atoms with van der Waals surface area (Å²) in [6.07, 6.45) is 10.2. The second-order valence-corrected chi connectivity index (χ2v) is 14.0. The molecular weight excluding hydrogens is 534 g/mol. The Bertz CT molecular complexity index is 963. The van der Waals surface area contributed by atoms with Gasteiger partial charge in [0.15, 0.2) is 6.67 Å². The number of carbonyl (C=O) groups excluding carboxylic acids is 1. The lowest BCUT2D eigenvalue weighted by Crippen LogP contribution is -3.16. The summed E-state index contributed by atoms with van der Waals surface area (Å²) in [7, 11) is 0. The van der Waals surface area contributed by atoms with E-state index < -0.39 is 18.0 Å². The van der Waals surface area contributed by atoms with E-state index in [0.717, 1.165) is 77.5 Å². The van der Waals surface area contributed by atoms with Crippen LogP contribution < -0.4 is 26.0 Å². The monoisotopic (exact) mass is 589 g/mol. The van der Waals surface area contributed by atoms with Crippen LogP contribution in [0.2, 0.25) is 0 Å². The molecule has 10 heteroatoms. The molecule has 0 aliphatic carbocycles. The summed E-state index contributed by atoms with van der Waals surface area (Å²) >= 11 is 0. The number of carbonyl (C=O) groups is 1. The number of hydrogen-bond donors (Lipinski definition) is 7. The number of aliphatic hydroxyl groups excluding tert-OH is 2. The fourth-order valence-corrected chi connectivity index (χ4v) is 7.58. The van der Waals surface area contributed by atoms with Gasteiger partial charge in [0, 0.05) is 61.9 Å². The number of aliphatic carboxylic acids is 1. The molecule has 4 heterocycles. The number of β-amino-alcohol motifs (C(OH)–C–C–N with tert-alkyl or cyclic N) is 1. The van der Waals surface area contributed by atoms with Gasteiger partial charge in [-0.25, -0.2) is 4.99 Å². The Morgan fingerprint density at radius 1 is 1.24 bits per heavy atom. The van der Waals surface area contributed by atoms with Gasteiger partial charge in [0.2, 0.25) is 0 Å². The van der Waals surface area contributed by atoms with Crippen molar-refractivity contribution in [3.05, 3.63) is 0 Å². The molecule has 10 nitrogen and oxygen atoms in total. The summed E-state index contributed by atoms with van der Waals surface area (Å²) < 4.78 is 0. The molecule has 10 atom stereocenters. The van der Waals surface area contributed by atoms with Crippen molar-refractivity contribution in [2.75, 3.05) is 32.9 Å². The number of carboxylic acid groups (broad SMARTS) is 1. The summed E-state index contributed by atoms with van der Waals surface area (Å²) in [6.45, 7) is 6.95. The Kier molecular flexibility index (Phi) is 12.2. The maximum absolute atomic E-state index is 11.5. The standard InChI is InChI=1S/C32H55N5O5/c1-23-29(39)17-28(37-15-14-33-22-37)27(36-23)9-4-3-6-24-7-5-8-26-18-31(2,12-13-34-26)35-21-32(42,19-30(40)41)11-10-25(16-24)20-38/h14,23-29,34-36,38-39,42H,3-4,6,8-13,15-22H2,1-2H3,(H,40,41)/t23-,24-,25-,26+,27+,28+,29+,31-,32+/m0/s1. The third kappa shape index (κ3) is 9.71. The molecule has 2 saturated heterocycles. The van der Waals surface area contributed by atoms with Crippen molar-refractivity contribution in [2.24, 2.45) is 16.8 Å². The molecule has 7 N–H and O–H groups in total. The Morgan fingerprint density at radius 3 is 2.79 bits per heavy atom. The number of nitrogens with zero attached hydrogens (tertiary/aromatic N) is 1. The van der Waals surface area contributed by atoms with E-state index in [0.29, 0.717) is 24.9 Å². The van der Waals surface area contributed by atoms with Crippen molar-refractivity contribution in [3.63, 3.8) is 0 Å². The van der Waals surface area contributed by atoms with Crippen LogP contribution in [0.25, 0.3) is 0 Å². The molecule has 0 aromatic carbocycles. The summed E-state index contributed by atoms with van der Waals surface area (Å²) in [5, 5.41) is 54.4. The van der Waals surface area contributed by atoms with Gasteiger partial charge in [-0.1, -0.05) is 18.8 Å². The molecule has 0 radical (unpaired) electrons. The van der Waals surface area contributed by atoms with Crippen molar-refractivity contribution >= 4 is 12.2 Å². The molecule has 4 rings (SSSR count). The molecule has 0 amide bonds. The van der Waals surface area contributed by atoms with E-state index in [2.05, 4.69) is 46.6 Å². The maximum atomic E-state index is 11.5. The minimum Gasteiger partial charge on any atom is -0.550 e. The summed E-state index contributed by atoms with van der Waals surface area (Å²) in [6, 6.07) is 1.03. The number of nitrogens with one attached hydrogen (secondary N) is 4. The minimum atomic E-state index is -1.42. The molecule has 42 heavy (non-hydrogen) atoms. The lowest BCUT2D eigenvalue weighted by molar-refractivity contribution is -0.914. The van der Waals surface area contributed by atoms with Crippen LogP contribution in [0.5, 0.6) is 0 Å². The lowest BCUT2D eigenvalue weighted by Gasteiger charge is -2.42. The van der Waals surface area contributed by atoms with E-state index >= 15 is 0 Å². The van der Waals surface area contributed by atoms with Gasteiger partial charge in [0.1, 0.15) is 12.6 Å². The number of aliphatic hydroxyl groups is 3. The summed E-state index contributed by atoms with van der Waals surface area (Å²) in [5.74, 6) is 5.86. The number of fused-ring (bicyclic) bond motifs is 2. The first-order valence-electron chi connectivity index (χ1n) is 16.3. The highest BCUT2D eigenvalue weighted by atomic mass is 16.4. The zero-order chi connectivity index (χ0) is 30.2. The molecule has 0 aromatic rings. The highest BCUT2D eigenvalue weighted by Gasteiger charge is 2.40. The maximum Gasteiger partial charge on any atom is 0.171 e. The molecule has 1 unspecified atom stereocenters. The van der Waals surface area contributed by atoms with E-state index in [9.17, 15) is 25.2 Å². The largest absolute Gasteiger partial charge is 0.550 e. The molecule has 0 aromatic heterocycles. The number of rotatable bonds is 9. The van der Waals surface area contributed by atoms with Crippen LogP contribution in [0.4, 0.5) is 0 Å². The van der Waals surface area contributed by atoms with Crippen LogP contribution in [-0.4, -0.2) is 102 Å². The predicted octanol–water partition coefficient (Wildman–Crippen LogP) is -1.27. The Hall–Kier alpha value is -1.58.